The van der Waals surface area contributed by atoms with Gasteiger partial charge in [0.05, 0.1) is 31.1 Å². The second-order valence-electron chi connectivity index (χ2n) is 9.48. The van der Waals surface area contributed by atoms with Gasteiger partial charge in [-0.3, -0.25) is 0 Å². The second-order valence-corrected chi connectivity index (χ2v) is 10.5. The van der Waals surface area contributed by atoms with Gasteiger partial charge in [0.2, 0.25) is 0 Å². The third-order valence-electron chi connectivity index (χ3n) is 5.96. The van der Waals surface area contributed by atoms with Gasteiger partial charge in [-0.15, -0.1) is 0 Å². The maximum atomic E-state index is 12.5. The maximum absolute atomic E-state index is 12.5. The Balaban J connectivity index is 1.77. The number of ether oxygens (including phenoxy) is 3. The SMILES string of the molecule is CCOC(=O)c1nc(I)c(C)nc1N1CCC2(CC1)CO[C@@H](C)[C@H]2NC(=O)OC(C)(C)C. The third-order valence-corrected chi connectivity index (χ3v) is 6.98. The molecule has 2 saturated heterocycles. The molecular weight excluding hydrogens is 527 g/mol. The molecule has 1 spiro atoms. The summed E-state index contributed by atoms with van der Waals surface area (Å²) in [6.07, 6.45) is 1.04. The molecule has 2 atom stereocenters. The van der Waals surface area contributed by atoms with Crippen molar-refractivity contribution in [3.05, 3.63) is 15.1 Å². The number of esters is 1. The van der Waals surface area contributed by atoms with E-state index in [1.165, 1.54) is 0 Å². The molecule has 0 saturated carbocycles. The van der Waals surface area contributed by atoms with Crippen molar-refractivity contribution in [3.8, 4) is 0 Å². The van der Waals surface area contributed by atoms with Gasteiger partial charge in [-0.1, -0.05) is 0 Å². The minimum atomic E-state index is -0.561. The van der Waals surface area contributed by atoms with Gasteiger partial charge in [0.1, 0.15) is 9.30 Å². The molecule has 9 nitrogen and oxygen atoms in total. The van der Waals surface area contributed by atoms with Gasteiger partial charge in [0, 0.05) is 18.5 Å². The molecule has 1 amide bonds. The number of alkyl carbamates (subject to hydrolysis) is 1. The van der Waals surface area contributed by atoms with E-state index >= 15 is 0 Å². The zero-order chi connectivity index (χ0) is 23.7. The molecule has 1 aromatic rings. The van der Waals surface area contributed by atoms with Crippen LogP contribution in [0.15, 0.2) is 0 Å². The van der Waals surface area contributed by atoms with E-state index in [0.717, 1.165) is 18.5 Å². The number of hydrogen-bond donors (Lipinski definition) is 1. The lowest BCUT2D eigenvalue weighted by Crippen LogP contribution is -2.55. The molecule has 32 heavy (non-hydrogen) atoms. The minimum Gasteiger partial charge on any atom is -0.461 e. The van der Waals surface area contributed by atoms with Crippen LogP contribution in [-0.4, -0.2) is 66.1 Å². The summed E-state index contributed by atoms with van der Waals surface area (Å²) >= 11 is 2.08. The monoisotopic (exact) mass is 560 g/mol. The van der Waals surface area contributed by atoms with E-state index in [9.17, 15) is 9.59 Å². The number of anilines is 1. The van der Waals surface area contributed by atoms with Crippen molar-refractivity contribution >= 4 is 40.5 Å². The standard InChI is InChI=1S/C22H33IN4O5/c1-7-30-19(28)15-18(24-13(2)17(23)25-15)27-10-8-22(9-11-27)12-31-14(3)16(22)26-20(29)32-21(4,5)6/h14,16H,7-12H2,1-6H3,(H,26,29)/t14-,16+/m0/s1. The number of piperidine rings is 1. The summed E-state index contributed by atoms with van der Waals surface area (Å²) in [7, 11) is 0. The summed E-state index contributed by atoms with van der Waals surface area (Å²) in [4.78, 5) is 36.2. The molecule has 1 aromatic heterocycles. The van der Waals surface area contributed by atoms with Gasteiger partial charge in [0.25, 0.3) is 0 Å². The van der Waals surface area contributed by atoms with Crippen LogP contribution in [0.4, 0.5) is 10.6 Å². The van der Waals surface area contributed by atoms with Crippen LogP contribution in [0.5, 0.6) is 0 Å². The Bertz CT molecular complexity index is 865. The first kappa shape index (κ1) is 24.9. The van der Waals surface area contributed by atoms with Crippen molar-refractivity contribution in [2.24, 2.45) is 5.41 Å². The van der Waals surface area contributed by atoms with Crippen molar-refractivity contribution in [1.82, 2.24) is 15.3 Å². The molecule has 3 rings (SSSR count). The van der Waals surface area contributed by atoms with E-state index in [0.29, 0.717) is 29.2 Å². The highest BCUT2D eigenvalue weighted by molar-refractivity contribution is 14.1. The average molecular weight is 560 g/mol. The molecule has 1 N–H and O–H groups in total. The molecule has 0 bridgehead atoms. The first-order valence-electron chi connectivity index (χ1n) is 11.0. The number of carbonyl (C=O) groups is 2. The number of nitrogens with zero attached hydrogens (tertiary/aromatic N) is 3. The highest BCUT2D eigenvalue weighted by Gasteiger charge is 2.51. The van der Waals surface area contributed by atoms with E-state index < -0.39 is 17.7 Å². The van der Waals surface area contributed by atoms with E-state index in [1.807, 2.05) is 34.6 Å². The van der Waals surface area contributed by atoms with Gasteiger partial charge in [-0.2, -0.15) is 0 Å². The lowest BCUT2D eigenvalue weighted by atomic mass is 9.73. The molecule has 178 valence electrons. The van der Waals surface area contributed by atoms with Crippen LogP contribution >= 0.6 is 22.6 Å². The number of halogens is 1. The maximum Gasteiger partial charge on any atom is 0.407 e. The molecule has 0 aliphatic carbocycles. The van der Waals surface area contributed by atoms with Crippen molar-refractivity contribution in [3.63, 3.8) is 0 Å². The Labute approximate surface area is 203 Å². The van der Waals surface area contributed by atoms with Crippen LogP contribution in [0.3, 0.4) is 0 Å². The number of aromatic nitrogens is 2. The van der Waals surface area contributed by atoms with Gasteiger partial charge in [0.15, 0.2) is 11.5 Å². The predicted molar refractivity (Wildman–Crippen MR) is 128 cm³/mol. The number of carbonyl (C=O) groups excluding carboxylic acids is 2. The van der Waals surface area contributed by atoms with Crippen LogP contribution in [0.2, 0.25) is 0 Å². The molecule has 2 aliphatic heterocycles. The Morgan fingerprint density at radius 1 is 1.28 bits per heavy atom. The molecule has 0 aromatic carbocycles. The number of hydrogen-bond acceptors (Lipinski definition) is 8. The molecule has 0 unspecified atom stereocenters. The Morgan fingerprint density at radius 3 is 2.53 bits per heavy atom. The summed E-state index contributed by atoms with van der Waals surface area (Å²) in [5.41, 5.74) is 0.269. The fourth-order valence-corrected chi connectivity index (χ4v) is 4.71. The van der Waals surface area contributed by atoms with E-state index in [-0.39, 0.29) is 29.9 Å². The van der Waals surface area contributed by atoms with Crippen LogP contribution in [-0.2, 0) is 14.2 Å². The van der Waals surface area contributed by atoms with E-state index in [2.05, 4.69) is 42.8 Å². The average Bonchev–Trinajstić information content (AvgIpc) is 2.99. The Kier molecular flexibility index (Phi) is 7.53. The zero-order valence-corrected chi connectivity index (χ0v) is 21.8. The minimum absolute atomic E-state index is 0.107. The highest BCUT2D eigenvalue weighted by Crippen LogP contribution is 2.43. The lowest BCUT2D eigenvalue weighted by Gasteiger charge is -2.43. The fourth-order valence-electron chi connectivity index (χ4n) is 4.35. The van der Waals surface area contributed by atoms with Crippen LogP contribution in [0, 0.1) is 16.0 Å². The van der Waals surface area contributed by atoms with Gasteiger partial charge >= 0.3 is 12.1 Å². The van der Waals surface area contributed by atoms with Crippen molar-refractivity contribution in [1.29, 1.82) is 0 Å². The molecule has 3 heterocycles. The van der Waals surface area contributed by atoms with Gasteiger partial charge in [-0.25, -0.2) is 19.6 Å². The predicted octanol–water partition coefficient (Wildman–Crippen LogP) is 3.46. The molecular formula is C22H33IN4O5. The van der Waals surface area contributed by atoms with Crippen molar-refractivity contribution in [2.75, 3.05) is 31.2 Å². The summed E-state index contributed by atoms with van der Waals surface area (Å²) in [5, 5.41) is 3.06. The first-order valence-corrected chi connectivity index (χ1v) is 12.1. The lowest BCUT2D eigenvalue weighted by molar-refractivity contribution is 0.0432. The molecule has 10 heteroatoms. The summed E-state index contributed by atoms with van der Waals surface area (Å²) < 4.78 is 17.3. The molecule has 2 aliphatic rings. The van der Waals surface area contributed by atoms with Crippen molar-refractivity contribution in [2.45, 2.75) is 72.1 Å². The third kappa shape index (κ3) is 5.44. The Hall–Kier alpha value is -1.69. The Morgan fingerprint density at radius 2 is 1.94 bits per heavy atom. The van der Waals surface area contributed by atoms with Crippen LogP contribution in [0.25, 0.3) is 0 Å². The van der Waals surface area contributed by atoms with Gasteiger partial charge < -0.3 is 24.4 Å². The number of nitrogens with one attached hydrogen (secondary N) is 1. The van der Waals surface area contributed by atoms with Gasteiger partial charge in [-0.05, 0) is 77.0 Å². The second kappa shape index (κ2) is 9.66. The number of rotatable bonds is 4. The van der Waals surface area contributed by atoms with Crippen molar-refractivity contribution < 1.29 is 23.8 Å². The largest absolute Gasteiger partial charge is 0.461 e. The van der Waals surface area contributed by atoms with E-state index in [1.54, 1.807) is 6.92 Å². The smallest absolute Gasteiger partial charge is 0.407 e. The fraction of sp³-hybridized carbons (Fsp3) is 0.727. The molecule has 0 radical (unpaired) electrons. The summed E-state index contributed by atoms with van der Waals surface area (Å²) in [5.74, 6) is 0.0929. The topological polar surface area (TPSA) is 103 Å². The summed E-state index contributed by atoms with van der Waals surface area (Å²) in [6, 6.07) is -0.145. The first-order chi connectivity index (χ1) is 15.0. The zero-order valence-electron chi connectivity index (χ0n) is 19.7. The van der Waals surface area contributed by atoms with E-state index in [4.69, 9.17) is 14.2 Å². The highest BCUT2D eigenvalue weighted by atomic mass is 127. The number of amides is 1. The quantitative estimate of drug-likeness (QED) is 0.442. The summed E-state index contributed by atoms with van der Waals surface area (Å²) in [6.45, 7) is 13.4. The normalized spacial score (nSPS) is 22.7. The van der Waals surface area contributed by atoms with Crippen LogP contribution in [0.1, 0.15) is 63.6 Å². The van der Waals surface area contributed by atoms with Crippen LogP contribution < -0.4 is 10.2 Å². The number of aryl methyl sites for hydroxylation is 1. The molecule has 2 fully saturated rings.